The van der Waals surface area contributed by atoms with Gasteiger partial charge in [-0.05, 0) is 50.5 Å². The molecule has 2 atom stereocenters. The van der Waals surface area contributed by atoms with E-state index in [-0.39, 0.29) is 12.2 Å². The van der Waals surface area contributed by atoms with Crippen LogP contribution >= 0.6 is 0 Å². The Bertz CT molecular complexity index is 695. The second-order valence-corrected chi connectivity index (χ2v) is 6.79. The third-order valence-corrected chi connectivity index (χ3v) is 4.96. The maximum Gasteiger partial charge on any atom is 0.0946 e. The molecule has 2 aliphatic heterocycles. The van der Waals surface area contributed by atoms with E-state index in [1.165, 1.54) is 0 Å². The molecular weight excluding hydrogens is 276 g/mol. The smallest absolute Gasteiger partial charge is 0.0946 e. The summed E-state index contributed by atoms with van der Waals surface area (Å²) in [6, 6.07) is 10.2. The molecule has 0 saturated carbocycles. The molecule has 0 spiro atoms. The molecule has 116 valence electrons. The Morgan fingerprint density at radius 1 is 1.18 bits per heavy atom. The molecule has 22 heavy (non-hydrogen) atoms. The molecule has 1 N–H and O–H groups in total. The van der Waals surface area contributed by atoms with Gasteiger partial charge in [-0.2, -0.15) is 5.10 Å². The second-order valence-electron chi connectivity index (χ2n) is 6.79. The van der Waals surface area contributed by atoms with Crippen molar-refractivity contribution in [2.75, 3.05) is 0 Å². The molecule has 2 saturated heterocycles. The van der Waals surface area contributed by atoms with Gasteiger partial charge in [0.25, 0.3) is 0 Å². The van der Waals surface area contributed by atoms with Crippen LogP contribution in [0, 0.1) is 13.8 Å². The van der Waals surface area contributed by atoms with Crippen LogP contribution in [0.15, 0.2) is 30.3 Å². The van der Waals surface area contributed by atoms with E-state index in [0.717, 1.165) is 35.5 Å². The maximum atomic E-state index is 11.2. The highest BCUT2D eigenvalue weighted by Crippen LogP contribution is 2.44. The maximum absolute atomic E-state index is 11.2. The zero-order valence-corrected chi connectivity index (χ0v) is 13.1. The van der Waals surface area contributed by atoms with Crippen molar-refractivity contribution in [1.29, 1.82) is 0 Å². The highest BCUT2D eigenvalue weighted by atomic mass is 16.5. The lowest BCUT2D eigenvalue weighted by molar-refractivity contribution is -0.115. The average Bonchev–Trinajstić information content (AvgIpc) is 3.01. The van der Waals surface area contributed by atoms with Crippen LogP contribution in [0.25, 0.3) is 5.69 Å². The molecular formula is C18H22N2O2. The van der Waals surface area contributed by atoms with Crippen molar-refractivity contribution < 1.29 is 9.84 Å². The summed E-state index contributed by atoms with van der Waals surface area (Å²) in [5, 5.41) is 15.7. The molecule has 0 aliphatic carbocycles. The van der Waals surface area contributed by atoms with Crippen LogP contribution < -0.4 is 0 Å². The van der Waals surface area contributed by atoms with E-state index in [9.17, 15) is 5.11 Å². The molecule has 1 aromatic carbocycles. The SMILES string of the molecule is Cc1cc(C)n(-c2cccc(C3(O)CC4CCC(C3)O4)c2)n1. The highest BCUT2D eigenvalue weighted by Gasteiger charge is 2.44. The van der Waals surface area contributed by atoms with Crippen LogP contribution in [0.2, 0.25) is 0 Å². The quantitative estimate of drug-likeness (QED) is 0.927. The number of fused-ring (bicyclic) bond motifs is 2. The summed E-state index contributed by atoms with van der Waals surface area (Å²) < 4.78 is 7.81. The van der Waals surface area contributed by atoms with E-state index in [4.69, 9.17) is 4.74 Å². The first-order valence-electron chi connectivity index (χ1n) is 8.05. The van der Waals surface area contributed by atoms with Crippen molar-refractivity contribution in [3.8, 4) is 5.69 Å². The Labute approximate surface area is 130 Å². The summed E-state index contributed by atoms with van der Waals surface area (Å²) in [6.45, 7) is 4.05. The van der Waals surface area contributed by atoms with Gasteiger partial charge >= 0.3 is 0 Å². The molecule has 2 fully saturated rings. The Morgan fingerprint density at radius 2 is 1.91 bits per heavy atom. The second kappa shape index (κ2) is 4.93. The van der Waals surface area contributed by atoms with Crippen LogP contribution in [-0.4, -0.2) is 27.1 Å². The van der Waals surface area contributed by atoms with Crippen LogP contribution in [0.3, 0.4) is 0 Å². The van der Waals surface area contributed by atoms with Crippen LogP contribution in [0.4, 0.5) is 0 Å². The summed E-state index contributed by atoms with van der Waals surface area (Å²) >= 11 is 0. The van der Waals surface area contributed by atoms with Crippen molar-refractivity contribution in [2.45, 2.75) is 57.3 Å². The van der Waals surface area contributed by atoms with Gasteiger partial charge in [-0.1, -0.05) is 12.1 Å². The van der Waals surface area contributed by atoms with Gasteiger partial charge in [0, 0.05) is 18.5 Å². The fourth-order valence-electron chi connectivity index (χ4n) is 3.97. The molecule has 4 heteroatoms. The van der Waals surface area contributed by atoms with Gasteiger partial charge < -0.3 is 9.84 Å². The first kappa shape index (κ1) is 14.0. The minimum Gasteiger partial charge on any atom is -0.385 e. The van der Waals surface area contributed by atoms with Gasteiger partial charge in [-0.15, -0.1) is 0 Å². The van der Waals surface area contributed by atoms with Crippen molar-refractivity contribution in [2.24, 2.45) is 0 Å². The van der Waals surface area contributed by atoms with Crippen LogP contribution in [0.5, 0.6) is 0 Å². The summed E-state index contributed by atoms with van der Waals surface area (Å²) in [7, 11) is 0. The van der Waals surface area contributed by atoms with E-state index in [1.807, 2.05) is 29.8 Å². The minimum atomic E-state index is -0.768. The summed E-state index contributed by atoms with van der Waals surface area (Å²) in [5.41, 5.74) is 3.34. The first-order chi connectivity index (χ1) is 10.5. The van der Waals surface area contributed by atoms with Gasteiger partial charge in [0.1, 0.15) is 0 Å². The standard InChI is InChI=1S/C18H22N2O2/c1-12-8-13(2)20(19-12)15-5-3-4-14(9-15)18(21)10-16-6-7-17(11-18)22-16/h3-5,8-9,16-17,21H,6-7,10-11H2,1-2H3. The molecule has 4 nitrogen and oxygen atoms in total. The number of rotatable bonds is 2. The lowest BCUT2D eigenvalue weighted by Crippen LogP contribution is -2.38. The highest BCUT2D eigenvalue weighted by molar-refractivity contribution is 5.39. The number of hydrogen-bond acceptors (Lipinski definition) is 3. The fourth-order valence-corrected chi connectivity index (χ4v) is 3.97. The lowest BCUT2D eigenvalue weighted by Gasteiger charge is -2.37. The predicted molar refractivity (Wildman–Crippen MR) is 84.1 cm³/mol. The number of aliphatic hydroxyl groups is 1. The zero-order chi connectivity index (χ0) is 15.3. The zero-order valence-electron chi connectivity index (χ0n) is 13.1. The van der Waals surface area contributed by atoms with Gasteiger partial charge in [0.15, 0.2) is 0 Å². The monoisotopic (exact) mass is 298 g/mol. The Balaban J connectivity index is 1.71. The largest absolute Gasteiger partial charge is 0.385 e. The Morgan fingerprint density at radius 3 is 2.55 bits per heavy atom. The molecule has 1 aromatic heterocycles. The molecule has 2 bridgehead atoms. The van der Waals surface area contributed by atoms with Crippen molar-refractivity contribution >= 4 is 0 Å². The van der Waals surface area contributed by atoms with E-state index in [1.54, 1.807) is 0 Å². The van der Waals surface area contributed by atoms with E-state index >= 15 is 0 Å². The van der Waals surface area contributed by atoms with Crippen molar-refractivity contribution in [3.05, 3.63) is 47.3 Å². The summed E-state index contributed by atoms with van der Waals surface area (Å²) in [6.07, 6.45) is 3.96. The molecule has 0 amide bonds. The Hall–Kier alpha value is -1.65. The van der Waals surface area contributed by atoms with Crippen LogP contribution in [-0.2, 0) is 10.3 Å². The molecule has 2 aromatic rings. The number of nitrogens with zero attached hydrogens (tertiary/aromatic N) is 2. The average molecular weight is 298 g/mol. The lowest BCUT2D eigenvalue weighted by atomic mass is 9.83. The van der Waals surface area contributed by atoms with Crippen molar-refractivity contribution in [3.63, 3.8) is 0 Å². The number of aromatic nitrogens is 2. The molecule has 2 aliphatic rings. The van der Waals surface area contributed by atoms with Crippen molar-refractivity contribution in [1.82, 2.24) is 9.78 Å². The predicted octanol–water partition coefficient (Wildman–Crippen LogP) is 3.02. The fraction of sp³-hybridized carbons (Fsp3) is 0.500. The number of hydrogen-bond donors (Lipinski definition) is 1. The van der Waals surface area contributed by atoms with Gasteiger partial charge in [0.2, 0.25) is 0 Å². The summed E-state index contributed by atoms with van der Waals surface area (Å²) in [5.74, 6) is 0. The van der Waals surface area contributed by atoms with E-state index in [0.29, 0.717) is 12.8 Å². The third-order valence-electron chi connectivity index (χ3n) is 4.96. The molecule has 3 heterocycles. The number of benzene rings is 1. The molecule has 0 radical (unpaired) electrons. The van der Waals surface area contributed by atoms with Gasteiger partial charge in [-0.3, -0.25) is 0 Å². The van der Waals surface area contributed by atoms with Crippen LogP contribution in [0.1, 0.15) is 42.6 Å². The Kier molecular flexibility index (Phi) is 3.13. The first-order valence-corrected chi connectivity index (χ1v) is 8.05. The topological polar surface area (TPSA) is 47.3 Å². The molecule has 2 unspecified atom stereocenters. The number of ether oxygens (including phenoxy) is 1. The molecule has 4 rings (SSSR count). The number of aryl methyl sites for hydroxylation is 2. The normalized spacial score (nSPS) is 30.7. The van der Waals surface area contributed by atoms with E-state index in [2.05, 4.69) is 24.2 Å². The van der Waals surface area contributed by atoms with Gasteiger partial charge in [-0.25, -0.2) is 4.68 Å². The third kappa shape index (κ3) is 2.27. The van der Waals surface area contributed by atoms with Gasteiger partial charge in [0.05, 0.1) is 29.2 Å². The van der Waals surface area contributed by atoms with E-state index < -0.39 is 5.60 Å². The summed E-state index contributed by atoms with van der Waals surface area (Å²) in [4.78, 5) is 0. The minimum absolute atomic E-state index is 0.209.